The second-order valence-corrected chi connectivity index (χ2v) is 9.42. The Morgan fingerprint density at radius 2 is 1.75 bits per heavy atom. The summed E-state index contributed by atoms with van der Waals surface area (Å²) in [5, 5.41) is 7.07. The first-order chi connectivity index (χ1) is 16.7. The molecule has 0 radical (unpaired) electrons. The molecule has 2 aliphatic carbocycles. The molecule has 3 aromatic rings. The molecular weight excluding hydrogens is 501 g/mol. The van der Waals surface area contributed by atoms with Gasteiger partial charge < -0.3 is 30.4 Å². The average molecular weight is 539 g/mol. The van der Waals surface area contributed by atoms with Crippen LogP contribution < -0.4 is 25.8 Å². The monoisotopic (exact) mass is 537 g/mol. The van der Waals surface area contributed by atoms with Gasteiger partial charge in [-0.25, -0.2) is 4.98 Å². The number of imidazole rings is 1. The Labute approximate surface area is 224 Å². The molecule has 0 unspecified atom stereocenters. The van der Waals surface area contributed by atoms with Crippen LogP contribution in [0.1, 0.15) is 63.0 Å². The molecule has 4 N–H and O–H groups in total. The summed E-state index contributed by atoms with van der Waals surface area (Å²) in [6.07, 6.45) is 10.9. The van der Waals surface area contributed by atoms with Crippen LogP contribution in [-0.4, -0.2) is 45.8 Å². The van der Waals surface area contributed by atoms with E-state index in [4.69, 9.17) is 30.2 Å². The number of benzene rings is 1. The van der Waals surface area contributed by atoms with Crippen molar-refractivity contribution in [1.29, 1.82) is 0 Å². The van der Waals surface area contributed by atoms with Gasteiger partial charge in [-0.15, -0.1) is 24.8 Å². The lowest BCUT2D eigenvalue weighted by molar-refractivity contribution is 0.352. The maximum Gasteiger partial charge on any atom is 0.227 e. The Hall–Kier alpha value is -2.49. The lowest BCUT2D eigenvalue weighted by Gasteiger charge is -2.27. The number of aromatic nitrogens is 4. The molecule has 2 heterocycles. The Morgan fingerprint density at radius 1 is 1.00 bits per heavy atom. The number of hydrogen-bond donors (Lipinski definition) is 3. The minimum atomic E-state index is 0. The normalized spacial score (nSPS) is 19.9. The molecule has 2 aromatic heterocycles. The zero-order valence-corrected chi connectivity index (χ0v) is 22.5. The number of para-hydroxylation sites is 1. The van der Waals surface area contributed by atoms with Crippen molar-refractivity contribution < 1.29 is 9.47 Å². The van der Waals surface area contributed by atoms with Crippen molar-refractivity contribution in [2.75, 3.05) is 24.9 Å². The van der Waals surface area contributed by atoms with Gasteiger partial charge >= 0.3 is 0 Å². The number of anilines is 2. The van der Waals surface area contributed by atoms with Crippen molar-refractivity contribution in [2.24, 2.45) is 5.73 Å². The van der Waals surface area contributed by atoms with E-state index in [1.54, 1.807) is 14.2 Å². The number of fused-ring (bicyclic) bond motifs is 1. The molecule has 5 rings (SSSR count). The topological polar surface area (TPSA) is 112 Å². The standard InChI is InChI=1S/C25H35N7O2.2ClH/c1-33-20-9-5-6-16(22(20)34-2)14-27-23-21-24(32(15-28-21)19-7-3-4-8-19)31-25(30-23)29-18-12-10-17(26)11-13-18;;/h5-6,9,15,17-19H,3-4,7-8,10-14,26H2,1-2H3,(H2,27,29,30,31);2*1H/t17-,18-;;. The number of nitrogens with zero attached hydrogens (tertiary/aromatic N) is 4. The molecular formula is C25H37Cl2N7O2. The van der Waals surface area contributed by atoms with Crippen LogP contribution in [0.15, 0.2) is 24.5 Å². The van der Waals surface area contributed by atoms with Crippen LogP contribution in [0.4, 0.5) is 11.8 Å². The first-order valence-electron chi connectivity index (χ1n) is 12.4. The van der Waals surface area contributed by atoms with Gasteiger partial charge in [0, 0.05) is 30.2 Å². The zero-order valence-electron chi connectivity index (χ0n) is 20.9. The van der Waals surface area contributed by atoms with E-state index in [0.29, 0.717) is 36.4 Å². The summed E-state index contributed by atoms with van der Waals surface area (Å²) in [4.78, 5) is 14.5. The Kier molecular flexibility index (Phi) is 9.87. The molecule has 0 bridgehead atoms. The smallest absolute Gasteiger partial charge is 0.227 e. The van der Waals surface area contributed by atoms with Crippen LogP contribution in [-0.2, 0) is 6.54 Å². The molecule has 9 nitrogen and oxygen atoms in total. The molecule has 36 heavy (non-hydrogen) atoms. The van der Waals surface area contributed by atoms with E-state index in [-0.39, 0.29) is 24.8 Å². The summed E-state index contributed by atoms with van der Waals surface area (Å²) in [5.74, 6) is 2.80. The van der Waals surface area contributed by atoms with Crippen LogP contribution in [0.25, 0.3) is 11.2 Å². The van der Waals surface area contributed by atoms with Crippen LogP contribution in [0.3, 0.4) is 0 Å². The van der Waals surface area contributed by atoms with Crippen molar-refractivity contribution >= 4 is 47.7 Å². The summed E-state index contributed by atoms with van der Waals surface area (Å²) in [6, 6.07) is 6.98. The van der Waals surface area contributed by atoms with Gasteiger partial charge in [-0.1, -0.05) is 25.0 Å². The second-order valence-electron chi connectivity index (χ2n) is 9.42. The van der Waals surface area contributed by atoms with E-state index in [9.17, 15) is 0 Å². The maximum atomic E-state index is 6.10. The first-order valence-corrected chi connectivity index (χ1v) is 12.4. The average Bonchev–Trinajstić information content (AvgIpc) is 3.53. The highest BCUT2D eigenvalue weighted by atomic mass is 35.5. The Balaban J connectivity index is 0.00000180. The lowest BCUT2D eigenvalue weighted by Crippen LogP contribution is -2.33. The lowest BCUT2D eigenvalue weighted by atomic mass is 9.92. The molecule has 198 valence electrons. The van der Waals surface area contributed by atoms with Crippen molar-refractivity contribution in [3.05, 3.63) is 30.1 Å². The molecule has 0 amide bonds. The van der Waals surface area contributed by atoms with Crippen molar-refractivity contribution in [2.45, 2.75) is 76.0 Å². The van der Waals surface area contributed by atoms with Gasteiger partial charge in [0.2, 0.25) is 5.95 Å². The summed E-state index contributed by atoms with van der Waals surface area (Å²) in [7, 11) is 3.31. The van der Waals surface area contributed by atoms with Crippen LogP contribution >= 0.6 is 24.8 Å². The van der Waals surface area contributed by atoms with E-state index < -0.39 is 0 Å². The third-order valence-corrected chi connectivity index (χ3v) is 7.18. The molecule has 2 aliphatic rings. The number of rotatable bonds is 8. The summed E-state index contributed by atoms with van der Waals surface area (Å²) < 4.78 is 13.3. The van der Waals surface area contributed by atoms with E-state index in [1.165, 1.54) is 25.7 Å². The molecule has 2 saturated carbocycles. The van der Waals surface area contributed by atoms with Gasteiger partial charge in [-0.2, -0.15) is 9.97 Å². The molecule has 0 aliphatic heterocycles. The number of ether oxygens (including phenoxy) is 2. The second kappa shape index (κ2) is 12.7. The number of halogens is 2. The van der Waals surface area contributed by atoms with Crippen molar-refractivity contribution in [3.8, 4) is 11.5 Å². The largest absolute Gasteiger partial charge is 0.493 e. The van der Waals surface area contributed by atoms with Gasteiger partial charge in [0.05, 0.1) is 20.5 Å². The molecule has 0 saturated heterocycles. The zero-order chi connectivity index (χ0) is 23.5. The number of methoxy groups -OCH3 is 2. The van der Waals surface area contributed by atoms with Crippen molar-refractivity contribution in [1.82, 2.24) is 19.5 Å². The van der Waals surface area contributed by atoms with Gasteiger partial charge in [-0.3, -0.25) is 0 Å². The Morgan fingerprint density at radius 3 is 2.44 bits per heavy atom. The number of nitrogens with one attached hydrogen (secondary N) is 2. The fourth-order valence-electron chi connectivity index (χ4n) is 5.27. The summed E-state index contributed by atoms with van der Waals surface area (Å²) in [5.41, 5.74) is 8.77. The van der Waals surface area contributed by atoms with Crippen LogP contribution in [0, 0.1) is 0 Å². The molecule has 2 fully saturated rings. The van der Waals surface area contributed by atoms with E-state index in [2.05, 4.69) is 15.2 Å². The molecule has 0 spiro atoms. The van der Waals surface area contributed by atoms with Crippen LogP contribution in [0.5, 0.6) is 11.5 Å². The SMILES string of the molecule is COc1cccc(CNc2nc(N[C@H]3CC[C@H](N)CC3)nc3c2ncn3C2CCCC2)c1OC.Cl.Cl. The van der Waals surface area contributed by atoms with Gasteiger partial charge in [-0.05, 0) is 44.6 Å². The molecule has 1 aromatic carbocycles. The van der Waals surface area contributed by atoms with Crippen molar-refractivity contribution in [3.63, 3.8) is 0 Å². The fourth-order valence-corrected chi connectivity index (χ4v) is 5.27. The quantitative estimate of drug-likeness (QED) is 0.364. The van der Waals surface area contributed by atoms with E-state index in [1.807, 2.05) is 24.5 Å². The van der Waals surface area contributed by atoms with E-state index >= 15 is 0 Å². The third kappa shape index (κ3) is 5.90. The Bertz CT molecular complexity index is 1130. The highest BCUT2D eigenvalue weighted by molar-refractivity contribution is 5.86. The molecule has 11 heteroatoms. The minimum Gasteiger partial charge on any atom is -0.493 e. The fraction of sp³-hybridized carbons (Fsp3) is 0.560. The summed E-state index contributed by atoms with van der Waals surface area (Å²) >= 11 is 0. The minimum absolute atomic E-state index is 0. The van der Waals surface area contributed by atoms with Gasteiger partial charge in [0.1, 0.15) is 0 Å². The predicted octanol–water partition coefficient (Wildman–Crippen LogP) is 5.10. The third-order valence-electron chi connectivity index (χ3n) is 7.18. The molecule has 0 atom stereocenters. The van der Waals surface area contributed by atoms with Gasteiger partial charge in [0.15, 0.2) is 28.5 Å². The maximum absolute atomic E-state index is 6.10. The highest BCUT2D eigenvalue weighted by Gasteiger charge is 2.24. The number of hydrogen-bond acceptors (Lipinski definition) is 8. The summed E-state index contributed by atoms with van der Waals surface area (Å²) in [6.45, 7) is 0.528. The highest BCUT2D eigenvalue weighted by Crippen LogP contribution is 2.34. The van der Waals surface area contributed by atoms with Crippen LogP contribution in [0.2, 0.25) is 0 Å². The predicted molar refractivity (Wildman–Crippen MR) is 148 cm³/mol. The number of nitrogens with two attached hydrogens (primary N) is 1. The first kappa shape index (κ1) is 28.1. The van der Waals surface area contributed by atoms with E-state index in [0.717, 1.165) is 54.0 Å². The van der Waals surface area contributed by atoms with Gasteiger partial charge in [0.25, 0.3) is 0 Å².